The summed E-state index contributed by atoms with van der Waals surface area (Å²) in [6.45, 7) is 8.88. The minimum Gasteiger partial charge on any atom is -0.466 e. The zero-order chi connectivity index (χ0) is 20.4. The molecule has 0 amide bonds. The van der Waals surface area contributed by atoms with Crippen LogP contribution in [0.2, 0.25) is 5.04 Å². The molecule has 28 heavy (non-hydrogen) atoms. The highest BCUT2D eigenvalue weighted by molar-refractivity contribution is 6.99. The Kier molecular flexibility index (Phi) is 5.92. The van der Waals surface area contributed by atoms with Crippen molar-refractivity contribution in [2.45, 2.75) is 45.3 Å². The van der Waals surface area contributed by atoms with Crippen LogP contribution in [-0.2, 0) is 14.0 Å². The van der Waals surface area contributed by atoms with E-state index < -0.39 is 8.32 Å². The van der Waals surface area contributed by atoms with E-state index in [4.69, 9.17) is 9.16 Å². The van der Waals surface area contributed by atoms with E-state index in [9.17, 15) is 4.79 Å². The van der Waals surface area contributed by atoms with Crippen molar-refractivity contribution in [3.8, 4) is 0 Å². The molecular formula is C24H30O3Si. The minimum absolute atomic E-state index is 0.00843. The Labute approximate surface area is 169 Å². The molecule has 4 heteroatoms. The van der Waals surface area contributed by atoms with Gasteiger partial charge >= 0.3 is 5.97 Å². The van der Waals surface area contributed by atoms with Gasteiger partial charge in [-0.3, -0.25) is 0 Å². The first-order valence-electron chi connectivity index (χ1n) is 9.88. The molecule has 1 aliphatic rings. The summed E-state index contributed by atoms with van der Waals surface area (Å²) in [7, 11) is -1.18. The summed E-state index contributed by atoms with van der Waals surface area (Å²) in [5.41, 5.74) is 0.727. The number of rotatable bonds is 5. The average Bonchev–Trinajstić information content (AvgIpc) is 3.06. The third kappa shape index (κ3) is 3.59. The summed E-state index contributed by atoms with van der Waals surface area (Å²) in [4.78, 5) is 12.1. The maximum absolute atomic E-state index is 12.1. The van der Waals surface area contributed by atoms with Crippen molar-refractivity contribution < 1.29 is 14.0 Å². The molecule has 0 aliphatic heterocycles. The van der Waals surface area contributed by atoms with Gasteiger partial charge < -0.3 is 9.16 Å². The van der Waals surface area contributed by atoms with Gasteiger partial charge in [-0.2, -0.15) is 0 Å². The van der Waals surface area contributed by atoms with E-state index in [1.54, 1.807) is 0 Å². The van der Waals surface area contributed by atoms with Crippen LogP contribution in [0.3, 0.4) is 0 Å². The van der Waals surface area contributed by atoms with E-state index in [-0.39, 0.29) is 23.0 Å². The molecular weight excluding hydrogens is 364 g/mol. The lowest BCUT2D eigenvalue weighted by Crippen LogP contribution is -2.68. The highest BCUT2D eigenvalue weighted by Gasteiger charge is 2.52. The molecule has 0 saturated carbocycles. The number of hydrogen-bond acceptors (Lipinski definition) is 3. The van der Waals surface area contributed by atoms with Gasteiger partial charge in [0.05, 0.1) is 13.2 Å². The van der Waals surface area contributed by atoms with Crippen molar-refractivity contribution in [3.63, 3.8) is 0 Å². The van der Waals surface area contributed by atoms with E-state index in [0.717, 1.165) is 12.0 Å². The molecule has 2 atom stereocenters. The highest BCUT2D eigenvalue weighted by atomic mass is 28.4. The Bertz CT molecular complexity index is 798. The molecule has 0 radical (unpaired) electrons. The Morgan fingerprint density at radius 3 is 1.89 bits per heavy atom. The molecule has 0 unspecified atom stereocenters. The van der Waals surface area contributed by atoms with Crippen molar-refractivity contribution >= 4 is 24.7 Å². The van der Waals surface area contributed by atoms with E-state index >= 15 is 0 Å². The summed E-state index contributed by atoms with van der Waals surface area (Å²) in [5.74, 6) is -0.241. The molecule has 3 rings (SSSR count). The molecule has 0 bridgehead atoms. The van der Waals surface area contributed by atoms with E-state index in [2.05, 4.69) is 76.2 Å². The van der Waals surface area contributed by atoms with Crippen LogP contribution in [0.15, 0.2) is 72.3 Å². The third-order valence-corrected chi connectivity index (χ3v) is 10.8. The lowest BCUT2D eigenvalue weighted by atomic mass is 10.0. The molecule has 0 spiro atoms. The molecule has 0 aromatic heterocycles. The van der Waals surface area contributed by atoms with Gasteiger partial charge in [0.2, 0.25) is 0 Å². The monoisotopic (exact) mass is 394 g/mol. The van der Waals surface area contributed by atoms with Gasteiger partial charge in [-0.05, 0) is 21.8 Å². The van der Waals surface area contributed by atoms with E-state index in [1.807, 2.05) is 18.2 Å². The molecule has 2 aromatic rings. The van der Waals surface area contributed by atoms with Crippen LogP contribution in [0.1, 0.15) is 34.1 Å². The van der Waals surface area contributed by atoms with Crippen molar-refractivity contribution in [2.75, 3.05) is 7.11 Å². The Morgan fingerprint density at radius 1 is 0.964 bits per heavy atom. The first-order valence-corrected chi connectivity index (χ1v) is 11.8. The first kappa shape index (κ1) is 20.6. The number of carbonyl (C=O) groups excluding carboxylic acids is 1. The van der Waals surface area contributed by atoms with Crippen LogP contribution in [0.4, 0.5) is 0 Å². The second kappa shape index (κ2) is 8.06. The quantitative estimate of drug-likeness (QED) is 0.566. The van der Waals surface area contributed by atoms with Crippen LogP contribution in [0, 0.1) is 5.92 Å². The molecule has 0 saturated heterocycles. The molecule has 0 heterocycles. The number of hydrogen-bond donors (Lipinski definition) is 0. The Balaban J connectivity index is 2.09. The van der Waals surface area contributed by atoms with Crippen LogP contribution < -0.4 is 10.4 Å². The number of benzene rings is 2. The average molecular weight is 395 g/mol. The highest BCUT2D eigenvalue weighted by Crippen LogP contribution is 2.40. The van der Waals surface area contributed by atoms with E-state index in [0.29, 0.717) is 0 Å². The smallest absolute Gasteiger partial charge is 0.333 e. The molecule has 148 valence electrons. The predicted molar refractivity (Wildman–Crippen MR) is 116 cm³/mol. The van der Waals surface area contributed by atoms with Crippen LogP contribution >= 0.6 is 0 Å². The third-order valence-electron chi connectivity index (χ3n) is 5.78. The van der Waals surface area contributed by atoms with Crippen molar-refractivity contribution in [1.29, 1.82) is 0 Å². The largest absolute Gasteiger partial charge is 0.466 e. The zero-order valence-electron chi connectivity index (χ0n) is 17.4. The molecule has 1 aliphatic carbocycles. The van der Waals surface area contributed by atoms with Gasteiger partial charge in [0, 0.05) is 11.5 Å². The zero-order valence-corrected chi connectivity index (χ0v) is 18.4. The van der Waals surface area contributed by atoms with Crippen molar-refractivity contribution in [3.05, 3.63) is 72.3 Å². The summed E-state index contributed by atoms with van der Waals surface area (Å²) in [6.07, 6.45) is 2.68. The fraction of sp³-hybridized carbons (Fsp3) is 0.375. The number of ether oxygens (including phenoxy) is 1. The number of carbonyl (C=O) groups is 1. The number of methoxy groups -OCH3 is 1. The van der Waals surface area contributed by atoms with Crippen molar-refractivity contribution in [1.82, 2.24) is 0 Å². The second-order valence-electron chi connectivity index (χ2n) is 8.49. The summed E-state index contributed by atoms with van der Waals surface area (Å²) in [6, 6.07) is 21.2. The van der Waals surface area contributed by atoms with Gasteiger partial charge in [0.15, 0.2) is 0 Å². The fourth-order valence-corrected chi connectivity index (χ4v) is 9.06. The summed E-state index contributed by atoms with van der Waals surface area (Å²) in [5, 5.41) is 2.43. The SMILES string of the molecule is COC(=O)C1=CC[C@H](O[Si](c2ccccc2)(c2ccccc2)C(C)(C)C)[C@H]1C. The van der Waals surface area contributed by atoms with Crippen LogP contribution in [0.25, 0.3) is 0 Å². The van der Waals surface area contributed by atoms with Gasteiger partial charge in [-0.25, -0.2) is 4.79 Å². The Hall–Kier alpha value is -2.17. The molecule has 2 aromatic carbocycles. The van der Waals surface area contributed by atoms with Gasteiger partial charge in [-0.1, -0.05) is 94.4 Å². The van der Waals surface area contributed by atoms with Gasteiger partial charge in [0.25, 0.3) is 8.32 Å². The lowest BCUT2D eigenvalue weighted by Gasteiger charge is -2.45. The molecule has 0 fully saturated rings. The standard InChI is InChI=1S/C24H30O3Si/c1-18-21(23(25)26-5)16-17-22(18)27-28(24(2,3)4,19-12-8-6-9-13-19)20-14-10-7-11-15-20/h6-16,18,22H,17H2,1-5H3/t18-,22-/m0/s1. The van der Waals surface area contributed by atoms with Crippen molar-refractivity contribution in [2.24, 2.45) is 5.92 Å². The first-order chi connectivity index (χ1) is 13.3. The molecule has 3 nitrogen and oxygen atoms in total. The Morgan fingerprint density at radius 2 is 1.46 bits per heavy atom. The summed E-state index contributed by atoms with van der Waals surface area (Å²) < 4.78 is 12.1. The predicted octanol–water partition coefficient (Wildman–Crippen LogP) is 4.07. The normalized spacial score (nSPS) is 20.0. The maximum Gasteiger partial charge on any atom is 0.333 e. The van der Waals surface area contributed by atoms with Gasteiger partial charge in [-0.15, -0.1) is 0 Å². The van der Waals surface area contributed by atoms with E-state index in [1.165, 1.54) is 17.5 Å². The topological polar surface area (TPSA) is 35.5 Å². The minimum atomic E-state index is -2.62. The maximum atomic E-state index is 12.1. The second-order valence-corrected chi connectivity index (χ2v) is 12.7. The number of esters is 1. The molecule has 0 N–H and O–H groups in total. The van der Waals surface area contributed by atoms with Crippen LogP contribution in [0.5, 0.6) is 0 Å². The summed E-state index contributed by atoms with van der Waals surface area (Å²) >= 11 is 0. The van der Waals surface area contributed by atoms with Gasteiger partial charge in [0.1, 0.15) is 0 Å². The van der Waals surface area contributed by atoms with Crippen LogP contribution in [-0.4, -0.2) is 27.5 Å². The lowest BCUT2D eigenvalue weighted by molar-refractivity contribution is -0.136. The fourth-order valence-electron chi connectivity index (χ4n) is 4.29.